The Balaban J connectivity index is 2.14. The first-order valence-electron chi connectivity index (χ1n) is 8.66. The average Bonchev–Trinajstić information content (AvgIpc) is 2.93. The van der Waals surface area contributed by atoms with Gasteiger partial charge in [-0.3, -0.25) is 4.79 Å². The topological polar surface area (TPSA) is 102 Å². The van der Waals surface area contributed by atoms with Gasteiger partial charge in [0.05, 0.1) is 16.5 Å². The van der Waals surface area contributed by atoms with Crippen LogP contribution in [0.3, 0.4) is 0 Å². The molecule has 2 N–H and O–H groups in total. The number of hydrogen-bond acceptors (Lipinski definition) is 6. The molecule has 28 heavy (non-hydrogen) atoms. The van der Waals surface area contributed by atoms with Crippen LogP contribution in [0.25, 0.3) is 0 Å². The number of thiophene rings is 1. The Hall–Kier alpha value is -2.23. The molecule has 2 rings (SSSR count). The summed E-state index contributed by atoms with van der Waals surface area (Å²) in [5.41, 5.74) is 0.412. The number of nitrogens with one attached hydrogen (secondary N) is 2. The van der Waals surface area contributed by atoms with E-state index in [0.29, 0.717) is 21.0 Å². The average molecular weight is 425 g/mol. The quantitative estimate of drug-likeness (QED) is 0.691. The largest absolute Gasteiger partial charge is 0.462 e. The van der Waals surface area contributed by atoms with Crippen molar-refractivity contribution >= 4 is 38.2 Å². The lowest BCUT2D eigenvalue weighted by atomic mass is 10.1. The summed E-state index contributed by atoms with van der Waals surface area (Å²) in [6, 6.07) is 7.35. The van der Waals surface area contributed by atoms with Gasteiger partial charge >= 0.3 is 5.97 Å². The van der Waals surface area contributed by atoms with E-state index in [4.69, 9.17) is 4.74 Å². The molecular formula is C19H24N2O5S2. The van der Waals surface area contributed by atoms with Crippen molar-refractivity contribution in [1.29, 1.82) is 0 Å². The van der Waals surface area contributed by atoms with Crippen LogP contribution in [0.5, 0.6) is 0 Å². The molecule has 0 unspecified atom stereocenters. The van der Waals surface area contributed by atoms with Gasteiger partial charge in [-0.05, 0) is 70.5 Å². The highest BCUT2D eigenvalue weighted by molar-refractivity contribution is 7.89. The monoisotopic (exact) mass is 424 g/mol. The molecule has 0 aliphatic carbocycles. The van der Waals surface area contributed by atoms with E-state index in [1.165, 1.54) is 24.3 Å². The predicted molar refractivity (Wildman–Crippen MR) is 109 cm³/mol. The van der Waals surface area contributed by atoms with Crippen molar-refractivity contribution < 1.29 is 22.7 Å². The number of aryl methyl sites for hydroxylation is 1. The molecule has 0 aliphatic heterocycles. The van der Waals surface area contributed by atoms with E-state index in [-0.39, 0.29) is 11.5 Å². The van der Waals surface area contributed by atoms with E-state index < -0.39 is 27.4 Å². The zero-order valence-electron chi connectivity index (χ0n) is 16.5. The van der Waals surface area contributed by atoms with Crippen LogP contribution in [0.4, 0.5) is 5.00 Å². The van der Waals surface area contributed by atoms with Crippen molar-refractivity contribution in [2.75, 3.05) is 11.9 Å². The van der Waals surface area contributed by atoms with Crippen molar-refractivity contribution in [2.24, 2.45) is 0 Å². The molecule has 1 amide bonds. The smallest absolute Gasteiger partial charge is 0.348 e. The minimum atomic E-state index is -3.67. The van der Waals surface area contributed by atoms with Gasteiger partial charge in [-0.25, -0.2) is 17.9 Å². The SMILES string of the molecule is CCOC(=O)c1sc(NC(=O)c2ccc(S(=O)(=O)NC(C)(C)C)cc2)cc1C. The fourth-order valence-corrected chi connectivity index (χ4v) is 4.75. The summed E-state index contributed by atoms with van der Waals surface area (Å²) < 4.78 is 32.2. The lowest BCUT2D eigenvalue weighted by molar-refractivity contribution is 0.0531. The normalized spacial score (nSPS) is 11.9. The molecular weight excluding hydrogens is 400 g/mol. The fraction of sp³-hybridized carbons (Fsp3) is 0.368. The molecule has 1 aromatic carbocycles. The first kappa shape index (κ1) is 22.1. The second-order valence-corrected chi connectivity index (χ2v) is 9.91. The molecule has 0 saturated carbocycles. The van der Waals surface area contributed by atoms with Gasteiger partial charge < -0.3 is 10.1 Å². The summed E-state index contributed by atoms with van der Waals surface area (Å²) >= 11 is 1.13. The van der Waals surface area contributed by atoms with Gasteiger partial charge in [0.25, 0.3) is 5.91 Å². The lowest BCUT2D eigenvalue weighted by Crippen LogP contribution is -2.40. The molecule has 2 aromatic rings. The number of ether oxygens (including phenoxy) is 1. The second-order valence-electron chi connectivity index (χ2n) is 7.18. The van der Waals surface area contributed by atoms with Crippen LogP contribution in [0.2, 0.25) is 0 Å². The number of sulfonamides is 1. The van der Waals surface area contributed by atoms with Crippen LogP contribution < -0.4 is 10.0 Å². The van der Waals surface area contributed by atoms with E-state index in [0.717, 1.165) is 11.3 Å². The van der Waals surface area contributed by atoms with Crippen LogP contribution in [-0.2, 0) is 14.8 Å². The van der Waals surface area contributed by atoms with Crippen LogP contribution in [0.15, 0.2) is 35.2 Å². The zero-order chi connectivity index (χ0) is 21.1. The van der Waals surface area contributed by atoms with Crippen LogP contribution >= 0.6 is 11.3 Å². The van der Waals surface area contributed by atoms with Crippen molar-refractivity contribution in [2.45, 2.75) is 45.1 Å². The molecule has 9 heteroatoms. The molecule has 0 radical (unpaired) electrons. The van der Waals surface area contributed by atoms with Gasteiger partial charge in [-0.2, -0.15) is 0 Å². The molecule has 152 valence electrons. The molecule has 1 heterocycles. The molecule has 0 saturated heterocycles. The van der Waals surface area contributed by atoms with E-state index >= 15 is 0 Å². The third-order valence-corrected chi connectivity index (χ3v) is 6.39. The number of rotatable bonds is 6. The fourth-order valence-electron chi connectivity index (χ4n) is 2.37. The van der Waals surface area contributed by atoms with Crippen LogP contribution in [-0.4, -0.2) is 32.4 Å². The van der Waals surface area contributed by atoms with Crippen molar-refractivity contribution in [3.05, 3.63) is 46.3 Å². The summed E-state index contributed by atoms with van der Waals surface area (Å²) in [5.74, 6) is -0.823. The molecule has 0 aliphatic rings. The Bertz CT molecular complexity index is 971. The maximum absolute atomic E-state index is 12.4. The standard InChI is InChI=1S/C19H24N2O5S2/c1-6-26-18(23)16-12(2)11-15(27-16)20-17(22)13-7-9-14(10-8-13)28(24,25)21-19(3,4)5/h7-11,21H,6H2,1-5H3,(H,20,22). The number of benzene rings is 1. The van der Waals surface area contributed by atoms with Gasteiger partial charge in [-0.1, -0.05) is 0 Å². The second kappa shape index (κ2) is 8.42. The van der Waals surface area contributed by atoms with Crippen molar-refractivity contribution in [1.82, 2.24) is 4.72 Å². The van der Waals surface area contributed by atoms with Gasteiger partial charge in [0.1, 0.15) is 4.88 Å². The first-order chi connectivity index (χ1) is 12.9. The Labute approximate surface area is 169 Å². The van der Waals surface area contributed by atoms with E-state index in [1.54, 1.807) is 40.7 Å². The number of carbonyl (C=O) groups excluding carboxylic acids is 2. The minimum Gasteiger partial charge on any atom is -0.462 e. The van der Waals surface area contributed by atoms with Gasteiger partial charge in [0.2, 0.25) is 10.0 Å². The highest BCUT2D eigenvalue weighted by atomic mass is 32.2. The maximum Gasteiger partial charge on any atom is 0.348 e. The Morgan fingerprint density at radius 3 is 2.29 bits per heavy atom. The number of esters is 1. The van der Waals surface area contributed by atoms with Crippen molar-refractivity contribution in [3.63, 3.8) is 0 Å². The minimum absolute atomic E-state index is 0.0792. The number of hydrogen-bond donors (Lipinski definition) is 2. The molecule has 0 fully saturated rings. The van der Waals surface area contributed by atoms with E-state index in [2.05, 4.69) is 10.0 Å². The summed E-state index contributed by atoms with van der Waals surface area (Å²) in [5, 5.41) is 3.23. The van der Waals surface area contributed by atoms with Crippen LogP contribution in [0.1, 0.15) is 53.3 Å². The molecule has 0 spiro atoms. The summed E-state index contributed by atoms with van der Waals surface area (Å²) in [4.78, 5) is 24.8. The third kappa shape index (κ3) is 5.63. The molecule has 7 nitrogen and oxygen atoms in total. The van der Waals surface area contributed by atoms with Crippen molar-refractivity contribution in [3.8, 4) is 0 Å². The highest BCUT2D eigenvalue weighted by Gasteiger charge is 2.22. The lowest BCUT2D eigenvalue weighted by Gasteiger charge is -2.20. The Morgan fingerprint density at radius 2 is 1.75 bits per heavy atom. The van der Waals surface area contributed by atoms with Gasteiger partial charge in [0, 0.05) is 11.1 Å². The van der Waals surface area contributed by atoms with Gasteiger partial charge in [-0.15, -0.1) is 11.3 Å². The predicted octanol–water partition coefficient (Wildman–Crippen LogP) is 3.56. The van der Waals surface area contributed by atoms with E-state index in [9.17, 15) is 18.0 Å². The number of carbonyl (C=O) groups is 2. The molecule has 0 bridgehead atoms. The first-order valence-corrected chi connectivity index (χ1v) is 11.0. The van der Waals surface area contributed by atoms with Gasteiger partial charge in [0.15, 0.2) is 0 Å². The summed E-state index contributed by atoms with van der Waals surface area (Å²) in [6.45, 7) is 9.02. The number of anilines is 1. The maximum atomic E-state index is 12.4. The summed E-state index contributed by atoms with van der Waals surface area (Å²) in [6.07, 6.45) is 0. The third-order valence-electron chi connectivity index (χ3n) is 3.48. The molecule has 1 aromatic heterocycles. The number of amides is 1. The van der Waals surface area contributed by atoms with E-state index in [1.807, 2.05) is 0 Å². The zero-order valence-corrected chi connectivity index (χ0v) is 18.1. The summed E-state index contributed by atoms with van der Waals surface area (Å²) in [7, 11) is -3.67. The Kier molecular flexibility index (Phi) is 6.63. The van der Waals surface area contributed by atoms with Crippen LogP contribution in [0, 0.1) is 6.92 Å². The Morgan fingerprint density at radius 1 is 1.14 bits per heavy atom. The highest BCUT2D eigenvalue weighted by Crippen LogP contribution is 2.28. The molecule has 0 atom stereocenters.